The molecule has 4 rings (SSSR count). The summed E-state index contributed by atoms with van der Waals surface area (Å²) in [6.45, 7) is 0.0325. The molecule has 0 unspecified atom stereocenters. The molecule has 2 heterocycles. The fourth-order valence-corrected chi connectivity index (χ4v) is 3.76. The number of benzene rings is 2. The van der Waals surface area contributed by atoms with Gasteiger partial charge in [0.2, 0.25) is 16.8 Å². The zero-order valence-electron chi connectivity index (χ0n) is 13.8. The summed E-state index contributed by atoms with van der Waals surface area (Å²) in [4.78, 5) is 12.6. The van der Waals surface area contributed by atoms with Crippen molar-refractivity contribution < 1.29 is 27.4 Å². The second kappa shape index (κ2) is 6.10. The number of para-hydroxylation sites is 2. The van der Waals surface area contributed by atoms with Crippen LogP contribution in [0.2, 0.25) is 0 Å². The predicted molar refractivity (Wildman–Crippen MR) is 94.2 cm³/mol. The number of anilines is 2. The van der Waals surface area contributed by atoms with Crippen molar-refractivity contribution in [1.82, 2.24) is 0 Å². The smallest absolute Gasteiger partial charge is 0.267 e. The molecule has 9 heteroatoms. The number of amides is 1. The molecule has 2 aliphatic heterocycles. The molecule has 0 aromatic heterocycles. The van der Waals surface area contributed by atoms with Gasteiger partial charge >= 0.3 is 0 Å². The van der Waals surface area contributed by atoms with Gasteiger partial charge in [0.25, 0.3) is 5.91 Å². The van der Waals surface area contributed by atoms with E-state index >= 15 is 0 Å². The van der Waals surface area contributed by atoms with Crippen LogP contribution in [0.25, 0.3) is 0 Å². The van der Waals surface area contributed by atoms with Crippen molar-refractivity contribution in [1.29, 1.82) is 0 Å². The Morgan fingerprint density at radius 3 is 2.69 bits per heavy atom. The molecule has 1 atom stereocenters. The van der Waals surface area contributed by atoms with Gasteiger partial charge in [0.05, 0.1) is 18.5 Å². The minimum absolute atomic E-state index is 0.105. The van der Waals surface area contributed by atoms with E-state index in [1.165, 1.54) is 4.31 Å². The Labute approximate surface area is 150 Å². The van der Waals surface area contributed by atoms with Crippen LogP contribution >= 0.6 is 0 Å². The minimum Gasteiger partial charge on any atom is -0.476 e. The second-order valence-corrected chi connectivity index (χ2v) is 7.83. The van der Waals surface area contributed by atoms with E-state index in [0.717, 1.165) is 6.26 Å². The number of carbonyl (C=O) groups is 1. The van der Waals surface area contributed by atoms with Crippen LogP contribution in [0.15, 0.2) is 42.5 Å². The number of hydrogen-bond acceptors (Lipinski definition) is 6. The lowest BCUT2D eigenvalue weighted by atomic mass is 10.2. The Hall–Kier alpha value is -2.94. The average molecular weight is 376 g/mol. The first-order valence-corrected chi connectivity index (χ1v) is 9.70. The van der Waals surface area contributed by atoms with Gasteiger partial charge in [-0.05, 0) is 24.3 Å². The monoisotopic (exact) mass is 376 g/mol. The molecule has 0 saturated heterocycles. The van der Waals surface area contributed by atoms with Crippen molar-refractivity contribution in [3.63, 3.8) is 0 Å². The van der Waals surface area contributed by atoms with E-state index in [0.29, 0.717) is 28.6 Å². The van der Waals surface area contributed by atoms with E-state index in [1.807, 2.05) is 0 Å². The Kier molecular flexibility index (Phi) is 3.87. The number of nitrogens with zero attached hydrogens (tertiary/aromatic N) is 1. The van der Waals surface area contributed by atoms with Gasteiger partial charge < -0.3 is 19.5 Å². The summed E-state index contributed by atoms with van der Waals surface area (Å²) >= 11 is 0. The molecule has 2 aromatic rings. The largest absolute Gasteiger partial charge is 0.476 e. The summed E-state index contributed by atoms with van der Waals surface area (Å²) < 4.78 is 41.6. The number of ether oxygens (including phenoxy) is 3. The van der Waals surface area contributed by atoms with E-state index in [9.17, 15) is 13.2 Å². The summed E-state index contributed by atoms with van der Waals surface area (Å²) in [5.41, 5.74) is 0.926. The first-order chi connectivity index (χ1) is 12.4. The number of carbonyl (C=O) groups excluding carboxylic acids is 1. The van der Waals surface area contributed by atoms with E-state index in [2.05, 4.69) is 5.32 Å². The van der Waals surface area contributed by atoms with Crippen LogP contribution in [0.4, 0.5) is 11.4 Å². The summed E-state index contributed by atoms with van der Waals surface area (Å²) in [6.07, 6.45) is 0.118. The number of hydrogen-bond donors (Lipinski definition) is 1. The van der Waals surface area contributed by atoms with Crippen molar-refractivity contribution >= 4 is 27.3 Å². The van der Waals surface area contributed by atoms with Crippen LogP contribution in [0, 0.1) is 0 Å². The van der Waals surface area contributed by atoms with Crippen LogP contribution in [0.1, 0.15) is 0 Å². The molecular formula is C17H16N2O6S. The molecule has 0 fully saturated rings. The van der Waals surface area contributed by atoms with Crippen molar-refractivity contribution in [3.8, 4) is 17.2 Å². The fraction of sp³-hybridized carbons (Fsp3) is 0.235. The maximum atomic E-state index is 12.6. The molecule has 0 bridgehead atoms. The van der Waals surface area contributed by atoms with E-state index in [-0.39, 0.29) is 13.3 Å². The number of fused-ring (bicyclic) bond motifs is 2. The standard InChI is InChI=1S/C17H16N2O6S/c1-26(21,22)19-9-16(25-13-5-3-2-4-12(13)19)17(20)18-11-6-7-14-15(8-11)24-10-23-14/h2-8,16H,9-10H2,1H3,(H,18,20)/t16-/m0/s1. The highest BCUT2D eigenvalue weighted by Gasteiger charge is 2.35. The van der Waals surface area contributed by atoms with Crippen LogP contribution in [-0.4, -0.2) is 40.0 Å². The molecule has 136 valence electrons. The van der Waals surface area contributed by atoms with Gasteiger partial charge in [0.1, 0.15) is 5.75 Å². The second-order valence-electron chi connectivity index (χ2n) is 5.93. The van der Waals surface area contributed by atoms with Crippen molar-refractivity contribution in [2.75, 3.05) is 29.2 Å². The normalized spacial score (nSPS) is 18.0. The summed E-state index contributed by atoms with van der Waals surface area (Å²) in [6, 6.07) is 11.7. The summed E-state index contributed by atoms with van der Waals surface area (Å²) in [5, 5.41) is 2.72. The third kappa shape index (κ3) is 3.01. The fourth-order valence-electron chi connectivity index (χ4n) is 2.85. The minimum atomic E-state index is -3.55. The maximum Gasteiger partial charge on any atom is 0.267 e. The Balaban J connectivity index is 1.57. The Bertz CT molecular complexity index is 975. The zero-order chi connectivity index (χ0) is 18.3. The highest BCUT2D eigenvalue weighted by Crippen LogP contribution is 2.36. The van der Waals surface area contributed by atoms with Crippen molar-refractivity contribution in [2.24, 2.45) is 0 Å². The highest BCUT2D eigenvalue weighted by atomic mass is 32.2. The average Bonchev–Trinajstić information content (AvgIpc) is 3.07. The molecule has 1 N–H and O–H groups in total. The lowest BCUT2D eigenvalue weighted by molar-refractivity contribution is -0.122. The lowest BCUT2D eigenvalue weighted by Gasteiger charge is -2.33. The molecular weight excluding hydrogens is 360 g/mol. The molecule has 0 spiro atoms. The van der Waals surface area contributed by atoms with E-state index in [1.54, 1.807) is 42.5 Å². The molecule has 8 nitrogen and oxygen atoms in total. The molecule has 2 aromatic carbocycles. The third-order valence-corrected chi connectivity index (χ3v) is 5.21. The van der Waals surface area contributed by atoms with Crippen LogP contribution < -0.4 is 23.8 Å². The maximum absolute atomic E-state index is 12.6. The predicted octanol–water partition coefficient (Wildman–Crippen LogP) is 1.58. The quantitative estimate of drug-likeness (QED) is 0.874. The topological polar surface area (TPSA) is 94.2 Å². The molecule has 26 heavy (non-hydrogen) atoms. The first-order valence-electron chi connectivity index (χ1n) is 7.86. The first kappa shape index (κ1) is 16.5. The van der Waals surface area contributed by atoms with E-state index in [4.69, 9.17) is 14.2 Å². The van der Waals surface area contributed by atoms with Gasteiger partial charge in [-0.3, -0.25) is 9.10 Å². The highest BCUT2D eigenvalue weighted by molar-refractivity contribution is 7.92. The number of nitrogens with one attached hydrogen (secondary N) is 1. The summed E-state index contributed by atoms with van der Waals surface area (Å²) in [5.74, 6) is 1.03. The molecule has 0 radical (unpaired) electrons. The Morgan fingerprint density at radius 1 is 1.12 bits per heavy atom. The zero-order valence-corrected chi connectivity index (χ0v) is 14.7. The van der Waals surface area contributed by atoms with Gasteiger partial charge in [-0.15, -0.1) is 0 Å². The Morgan fingerprint density at radius 2 is 1.88 bits per heavy atom. The lowest BCUT2D eigenvalue weighted by Crippen LogP contribution is -2.48. The number of sulfonamides is 1. The van der Waals surface area contributed by atoms with Crippen LogP contribution in [0.3, 0.4) is 0 Å². The number of rotatable bonds is 3. The molecule has 2 aliphatic rings. The van der Waals surface area contributed by atoms with Crippen molar-refractivity contribution in [2.45, 2.75) is 6.10 Å². The SMILES string of the molecule is CS(=O)(=O)N1C[C@@H](C(=O)Nc2ccc3c(c2)OCO3)Oc2ccccc21. The van der Waals surface area contributed by atoms with Crippen LogP contribution in [-0.2, 0) is 14.8 Å². The van der Waals surface area contributed by atoms with Gasteiger partial charge in [0.15, 0.2) is 17.6 Å². The molecule has 0 saturated carbocycles. The molecule has 1 amide bonds. The molecule has 0 aliphatic carbocycles. The van der Waals surface area contributed by atoms with Crippen molar-refractivity contribution in [3.05, 3.63) is 42.5 Å². The van der Waals surface area contributed by atoms with Gasteiger partial charge in [0, 0.05) is 11.8 Å². The third-order valence-electron chi connectivity index (χ3n) is 4.07. The van der Waals surface area contributed by atoms with Gasteiger partial charge in [-0.1, -0.05) is 12.1 Å². The van der Waals surface area contributed by atoms with E-state index < -0.39 is 22.0 Å². The van der Waals surface area contributed by atoms with Gasteiger partial charge in [-0.2, -0.15) is 0 Å². The van der Waals surface area contributed by atoms with Gasteiger partial charge in [-0.25, -0.2) is 8.42 Å². The van der Waals surface area contributed by atoms with Crippen LogP contribution in [0.5, 0.6) is 17.2 Å². The summed E-state index contributed by atoms with van der Waals surface area (Å²) in [7, 11) is -3.55.